The Kier molecular flexibility index (Phi) is 2.73. The fourth-order valence-corrected chi connectivity index (χ4v) is 1.61. The number of amides is 1. The first kappa shape index (κ1) is 11.1. The summed E-state index contributed by atoms with van der Waals surface area (Å²) in [6.45, 7) is 0. The van der Waals surface area contributed by atoms with Crippen LogP contribution in [0.4, 0.5) is 5.69 Å². The van der Waals surface area contributed by atoms with Gasteiger partial charge in [-0.2, -0.15) is 10.2 Å². The van der Waals surface area contributed by atoms with E-state index in [1.54, 1.807) is 17.1 Å². The predicted molar refractivity (Wildman–Crippen MR) is 65.7 cm³/mol. The van der Waals surface area contributed by atoms with Gasteiger partial charge in [-0.25, -0.2) is 14.6 Å². The lowest BCUT2D eigenvalue weighted by Crippen LogP contribution is -2.15. The van der Waals surface area contributed by atoms with Gasteiger partial charge in [-0.3, -0.25) is 9.89 Å². The summed E-state index contributed by atoms with van der Waals surface area (Å²) in [5, 5.41) is 12.9. The standard InChI is InChI=1S/C11H9N7O/c19-11(10-13-6-14-17-10)16-8-3-1-2-4-9(8)18-7-12-5-15-18/h1-7H,(H,16,19)(H,13,14,17). The zero-order valence-electron chi connectivity index (χ0n) is 9.69. The molecule has 0 aliphatic heterocycles. The second-order valence-electron chi connectivity index (χ2n) is 3.65. The Morgan fingerprint density at radius 1 is 1.26 bits per heavy atom. The fraction of sp³-hybridized carbons (Fsp3) is 0. The van der Waals surface area contributed by atoms with Crippen LogP contribution < -0.4 is 5.32 Å². The Labute approximate surface area is 107 Å². The van der Waals surface area contributed by atoms with Gasteiger partial charge in [0.25, 0.3) is 5.91 Å². The Balaban J connectivity index is 1.92. The van der Waals surface area contributed by atoms with Gasteiger partial charge in [0, 0.05) is 0 Å². The molecule has 0 saturated carbocycles. The van der Waals surface area contributed by atoms with Crippen molar-refractivity contribution in [2.24, 2.45) is 0 Å². The average molecular weight is 255 g/mol. The van der Waals surface area contributed by atoms with Crippen LogP contribution in [-0.4, -0.2) is 35.9 Å². The van der Waals surface area contributed by atoms with Crippen LogP contribution in [0.2, 0.25) is 0 Å². The second kappa shape index (κ2) is 4.69. The van der Waals surface area contributed by atoms with Crippen LogP contribution in [0.1, 0.15) is 10.6 Å². The van der Waals surface area contributed by atoms with E-state index in [4.69, 9.17) is 0 Å². The number of hydrogen-bond donors (Lipinski definition) is 2. The SMILES string of the molecule is O=C(Nc1ccccc1-n1cncn1)c1ncn[nH]1. The Hall–Kier alpha value is -3.03. The summed E-state index contributed by atoms with van der Waals surface area (Å²) < 4.78 is 1.57. The highest BCUT2D eigenvalue weighted by atomic mass is 16.2. The van der Waals surface area contributed by atoms with Crippen LogP contribution in [0.15, 0.2) is 43.2 Å². The molecular formula is C11H9N7O. The van der Waals surface area contributed by atoms with Crippen LogP contribution >= 0.6 is 0 Å². The third-order valence-corrected chi connectivity index (χ3v) is 2.45. The molecular weight excluding hydrogens is 246 g/mol. The van der Waals surface area contributed by atoms with Gasteiger partial charge in [0.15, 0.2) is 0 Å². The van der Waals surface area contributed by atoms with E-state index in [0.29, 0.717) is 11.4 Å². The third kappa shape index (κ3) is 2.18. The summed E-state index contributed by atoms with van der Waals surface area (Å²) in [4.78, 5) is 19.6. The number of carbonyl (C=O) groups excluding carboxylic acids is 1. The van der Waals surface area contributed by atoms with Crippen molar-refractivity contribution in [1.29, 1.82) is 0 Å². The number of aromatic nitrogens is 6. The van der Waals surface area contributed by atoms with Crippen molar-refractivity contribution in [2.75, 3.05) is 5.32 Å². The highest BCUT2D eigenvalue weighted by Gasteiger charge is 2.12. The molecule has 3 rings (SSSR count). The number of nitrogens with one attached hydrogen (secondary N) is 2. The minimum Gasteiger partial charge on any atom is -0.317 e. The van der Waals surface area contributed by atoms with Crippen LogP contribution in [0.5, 0.6) is 0 Å². The molecule has 2 heterocycles. The van der Waals surface area contributed by atoms with E-state index >= 15 is 0 Å². The van der Waals surface area contributed by atoms with Gasteiger partial charge in [-0.1, -0.05) is 12.1 Å². The number of hydrogen-bond acceptors (Lipinski definition) is 5. The van der Waals surface area contributed by atoms with Crippen molar-refractivity contribution in [3.8, 4) is 5.69 Å². The van der Waals surface area contributed by atoms with E-state index in [9.17, 15) is 4.79 Å². The molecule has 3 aromatic rings. The number of nitrogens with zero attached hydrogens (tertiary/aromatic N) is 5. The first-order valence-corrected chi connectivity index (χ1v) is 5.45. The average Bonchev–Trinajstić information content (AvgIpc) is 3.13. The molecule has 0 atom stereocenters. The van der Waals surface area contributed by atoms with Crippen molar-refractivity contribution in [2.45, 2.75) is 0 Å². The van der Waals surface area contributed by atoms with E-state index in [0.717, 1.165) is 0 Å². The topological polar surface area (TPSA) is 101 Å². The van der Waals surface area contributed by atoms with Crippen molar-refractivity contribution < 1.29 is 4.79 Å². The fourth-order valence-electron chi connectivity index (χ4n) is 1.61. The van der Waals surface area contributed by atoms with E-state index in [1.165, 1.54) is 12.7 Å². The lowest BCUT2D eigenvalue weighted by atomic mass is 10.2. The highest BCUT2D eigenvalue weighted by Crippen LogP contribution is 2.18. The maximum Gasteiger partial charge on any atom is 0.293 e. The Morgan fingerprint density at radius 2 is 2.16 bits per heavy atom. The summed E-state index contributed by atoms with van der Waals surface area (Å²) in [6.07, 6.45) is 4.26. The Bertz CT molecular complexity index is 675. The summed E-state index contributed by atoms with van der Waals surface area (Å²) >= 11 is 0. The number of benzene rings is 1. The molecule has 1 amide bonds. The minimum absolute atomic E-state index is 0.147. The predicted octanol–water partition coefficient (Wildman–Crippen LogP) is 0.638. The number of anilines is 1. The molecule has 2 N–H and O–H groups in total. The minimum atomic E-state index is -0.370. The van der Waals surface area contributed by atoms with Gasteiger partial charge in [-0.05, 0) is 12.1 Å². The van der Waals surface area contributed by atoms with E-state index in [2.05, 4.69) is 30.6 Å². The number of para-hydroxylation sites is 2. The molecule has 0 radical (unpaired) electrons. The number of H-pyrrole nitrogens is 1. The third-order valence-electron chi connectivity index (χ3n) is 2.45. The number of carbonyl (C=O) groups is 1. The summed E-state index contributed by atoms with van der Waals surface area (Å²) in [7, 11) is 0. The lowest BCUT2D eigenvalue weighted by Gasteiger charge is -2.09. The molecule has 0 bridgehead atoms. The first-order chi connectivity index (χ1) is 9.34. The molecule has 1 aromatic carbocycles. The Morgan fingerprint density at radius 3 is 2.89 bits per heavy atom. The smallest absolute Gasteiger partial charge is 0.293 e. The van der Waals surface area contributed by atoms with Crippen LogP contribution in [0.3, 0.4) is 0 Å². The van der Waals surface area contributed by atoms with Crippen molar-refractivity contribution in [3.63, 3.8) is 0 Å². The summed E-state index contributed by atoms with van der Waals surface area (Å²) in [6, 6.07) is 7.26. The first-order valence-electron chi connectivity index (χ1n) is 5.45. The summed E-state index contributed by atoms with van der Waals surface area (Å²) in [5.41, 5.74) is 1.32. The van der Waals surface area contributed by atoms with Gasteiger partial charge in [0.05, 0.1) is 11.4 Å². The molecule has 0 unspecified atom stereocenters. The molecule has 0 aliphatic rings. The van der Waals surface area contributed by atoms with Crippen LogP contribution in [0.25, 0.3) is 5.69 Å². The largest absolute Gasteiger partial charge is 0.317 e. The van der Waals surface area contributed by atoms with Crippen molar-refractivity contribution >= 4 is 11.6 Å². The van der Waals surface area contributed by atoms with Gasteiger partial charge in [-0.15, -0.1) is 0 Å². The van der Waals surface area contributed by atoms with E-state index < -0.39 is 0 Å². The monoisotopic (exact) mass is 255 g/mol. The molecule has 0 aliphatic carbocycles. The van der Waals surface area contributed by atoms with Crippen molar-refractivity contribution in [3.05, 3.63) is 49.1 Å². The zero-order valence-corrected chi connectivity index (χ0v) is 9.69. The highest BCUT2D eigenvalue weighted by molar-refractivity contribution is 6.02. The molecule has 0 saturated heterocycles. The molecule has 0 spiro atoms. The molecule has 94 valence electrons. The summed E-state index contributed by atoms with van der Waals surface area (Å²) in [5.74, 6) is -0.224. The maximum absolute atomic E-state index is 11.9. The van der Waals surface area contributed by atoms with Crippen LogP contribution in [-0.2, 0) is 0 Å². The quantitative estimate of drug-likeness (QED) is 0.715. The van der Waals surface area contributed by atoms with Gasteiger partial charge in [0.2, 0.25) is 5.82 Å². The second-order valence-corrected chi connectivity index (χ2v) is 3.65. The molecule has 19 heavy (non-hydrogen) atoms. The number of rotatable bonds is 3. The number of aromatic amines is 1. The molecule has 2 aromatic heterocycles. The molecule has 0 fully saturated rings. The zero-order chi connectivity index (χ0) is 13.1. The van der Waals surface area contributed by atoms with Gasteiger partial charge >= 0.3 is 0 Å². The normalized spacial score (nSPS) is 10.3. The van der Waals surface area contributed by atoms with Gasteiger partial charge in [0.1, 0.15) is 19.0 Å². The van der Waals surface area contributed by atoms with Crippen LogP contribution in [0, 0.1) is 0 Å². The van der Waals surface area contributed by atoms with E-state index in [1.807, 2.05) is 18.2 Å². The van der Waals surface area contributed by atoms with Crippen molar-refractivity contribution in [1.82, 2.24) is 29.9 Å². The lowest BCUT2D eigenvalue weighted by molar-refractivity contribution is 0.101. The molecule has 8 heteroatoms. The van der Waals surface area contributed by atoms with Gasteiger partial charge < -0.3 is 5.32 Å². The maximum atomic E-state index is 11.9. The molecule has 8 nitrogen and oxygen atoms in total. The van der Waals surface area contributed by atoms with E-state index in [-0.39, 0.29) is 11.7 Å².